The molecule has 7 nitrogen and oxygen atoms in total. The Morgan fingerprint density at radius 1 is 1.12 bits per heavy atom. The van der Waals surface area contributed by atoms with Gasteiger partial charge in [-0.1, -0.05) is 50.6 Å². The predicted molar refractivity (Wildman–Crippen MR) is 95.6 cm³/mol. The first-order valence-corrected chi connectivity index (χ1v) is 8.52. The molecule has 1 N–H and O–H groups in total. The average Bonchev–Trinajstić information content (AvgIpc) is 2.55. The highest BCUT2D eigenvalue weighted by Crippen LogP contribution is 2.20. The van der Waals surface area contributed by atoms with Crippen LogP contribution in [-0.4, -0.2) is 39.8 Å². The van der Waals surface area contributed by atoms with Gasteiger partial charge in [-0.15, -0.1) is 0 Å². The summed E-state index contributed by atoms with van der Waals surface area (Å²) < 4.78 is 10.4. The first-order valence-electron chi connectivity index (χ1n) is 8.52. The molecule has 0 aliphatic rings. The van der Waals surface area contributed by atoms with Crippen LogP contribution in [-0.2, 0) is 20.9 Å². The summed E-state index contributed by atoms with van der Waals surface area (Å²) in [5.74, 6) is -1.76. The molecule has 26 heavy (non-hydrogen) atoms. The number of imide groups is 1. The first kappa shape index (κ1) is 21.5. The number of carbonyl (C=O) groups excluding carboxylic acids is 2. The van der Waals surface area contributed by atoms with Crippen LogP contribution >= 0.6 is 0 Å². The Balaban J connectivity index is 3.06. The van der Waals surface area contributed by atoms with Gasteiger partial charge in [0.2, 0.25) is 0 Å². The molecule has 0 saturated heterocycles. The van der Waals surface area contributed by atoms with E-state index in [2.05, 4.69) is 0 Å². The third kappa shape index (κ3) is 6.38. The third-order valence-electron chi connectivity index (χ3n) is 3.71. The molecule has 0 aliphatic heterocycles. The highest BCUT2D eigenvalue weighted by molar-refractivity contribution is 5.93. The number of aliphatic carboxylic acids is 1. The molecule has 0 bridgehead atoms. The molecule has 7 heteroatoms. The highest BCUT2D eigenvalue weighted by atomic mass is 16.6. The van der Waals surface area contributed by atoms with E-state index >= 15 is 0 Å². The van der Waals surface area contributed by atoms with Gasteiger partial charge in [0.1, 0.15) is 18.2 Å². The number of ether oxygens (including phenoxy) is 2. The van der Waals surface area contributed by atoms with Gasteiger partial charge in [0, 0.05) is 0 Å². The van der Waals surface area contributed by atoms with Crippen LogP contribution in [0, 0.1) is 5.92 Å². The molecule has 2 amide bonds. The van der Waals surface area contributed by atoms with Gasteiger partial charge in [-0.3, -0.25) is 0 Å². The van der Waals surface area contributed by atoms with Gasteiger partial charge in [0.05, 0.1) is 0 Å². The monoisotopic (exact) mass is 365 g/mol. The van der Waals surface area contributed by atoms with Gasteiger partial charge in [-0.05, 0) is 32.3 Å². The Kier molecular flexibility index (Phi) is 7.61. The van der Waals surface area contributed by atoms with E-state index in [1.54, 1.807) is 58.9 Å². The maximum absolute atomic E-state index is 12.5. The molecule has 0 aromatic heterocycles. The minimum absolute atomic E-state index is 0.0776. The molecule has 0 fully saturated rings. The smallest absolute Gasteiger partial charge is 0.420 e. The second kappa shape index (κ2) is 9.22. The molecule has 1 aromatic carbocycles. The summed E-state index contributed by atoms with van der Waals surface area (Å²) in [7, 11) is 0. The van der Waals surface area contributed by atoms with E-state index in [0.29, 0.717) is 11.3 Å². The summed E-state index contributed by atoms with van der Waals surface area (Å²) in [4.78, 5) is 37.4. The van der Waals surface area contributed by atoms with Crippen LogP contribution in [0.1, 0.15) is 46.6 Å². The number of carboxylic acid groups (broad SMARTS) is 1. The Bertz CT molecular complexity index is 623. The van der Waals surface area contributed by atoms with Crippen molar-refractivity contribution >= 4 is 18.2 Å². The molecule has 0 radical (unpaired) electrons. The third-order valence-corrected chi connectivity index (χ3v) is 3.71. The van der Waals surface area contributed by atoms with Crippen LogP contribution < -0.4 is 0 Å². The Morgan fingerprint density at radius 3 is 2.15 bits per heavy atom. The van der Waals surface area contributed by atoms with E-state index in [1.165, 1.54) is 0 Å². The molecular formula is C19H27NO6. The van der Waals surface area contributed by atoms with E-state index in [9.17, 15) is 19.5 Å². The van der Waals surface area contributed by atoms with E-state index in [0.717, 1.165) is 5.56 Å². The van der Waals surface area contributed by atoms with Crippen molar-refractivity contribution in [2.75, 3.05) is 0 Å². The van der Waals surface area contributed by atoms with Gasteiger partial charge >= 0.3 is 18.2 Å². The number of rotatable bonds is 6. The standard InChI is InChI=1S/C19H27NO6/c1-6-13(2)15(16(21)22)20(18(24)26-19(3,4)5)17(23)25-12-14-10-8-7-9-11-14/h7-11,13,15H,6,12H2,1-5H3,(H,21,22)/t13-,15-/m0/s1. The second-order valence-electron chi connectivity index (χ2n) is 7.06. The number of hydrogen-bond donors (Lipinski definition) is 1. The van der Waals surface area contributed by atoms with Gasteiger partial charge in [-0.2, -0.15) is 4.90 Å². The molecule has 144 valence electrons. The summed E-state index contributed by atoms with van der Waals surface area (Å²) in [6.07, 6.45) is -1.62. The first-order chi connectivity index (χ1) is 12.1. The summed E-state index contributed by atoms with van der Waals surface area (Å²) in [6, 6.07) is 7.53. The topological polar surface area (TPSA) is 93.1 Å². The van der Waals surface area contributed by atoms with Gasteiger partial charge in [0.15, 0.2) is 0 Å². The minimum atomic E-state index is -1.38. The molecule has 0 unspecified atom stereocenters. The maximum Gasteiger partial charge on any atom is 0.420 e. The lowest BCUT2D eigenvalue weighted by atomic mass is 9.98. The summed E-state index contributed by atoms with van der Waals surface area (Å²) in [6.45, 7) is 8.27. The van der Waals surface area contributed by atoms with E-state index < -0.39 is 35.7 Å². The van der Waals surface area contributed by atoms with Crippen molar-refractivity contribution < 1.29 is 29.0 Å². The molecule has 1 rings (SSSR count). The number of carboxylic acids is 1. The summed E-state index contributed by atoms with van der Waals surface area (Å²) in [5.41, 5.74) is -0.159. The lowest BCUT2D eigenvalue weighted by Crippen LogP contribution is -2.53. The number of hydrogen-bond acceptors (Lipinski definition) is 5. The van der Waals surface area contributed by atoms with Crippen LogP contribution in [0.3, 0.4) is 0 Å². The molecule has 0 heterocycles. The lowest BCUT2D eigenvalue weighted by Gasteiger charge is -2.31. The second-order valence-corrected chi connectivity index (χ2v) is 7.06. The van der Waals surface area contributed by atoms with Crippen LogP contribution in [0.15, 0.2) is 30.3 Å². The average molecular weight is 365 g/mol. The largest absolute Gasteiger partial charge is 0.480 e. The van der Waals surface area contributed by atoms with Crippen LogP contribution in [0.4, 0.5) is 9.59 Å². The quantitative estimate of drug-likeness (QED) is 0.817. The Hall–Kier alpha value is -2.57. The predicted octanol–water partition coefficient (Wildman–Crippen LogP) is 4.06. The van der Waals surface area contributed by atoms with Crippen molar-refractivity contribution in [3.63, 3.8) is 0 Å². The van der Waals surface area contributed by atoms with Crippen molar-refractivity contribution in [2.45, 2.75) is 59.3 Å². The van der Waals surface area contributed by atoms with Gasteiger partial charge in [-0.25, -0.2) is 14.4 Å². The molecular weight excluding hydrogens is 338 g/mol. The molecule has 0 aliphatic carbocycles. The number of carbonyl (C=O) groups is 3. The van der Waals surface area contributed by atoms with Crippen molar-refractivity contribution in [1.29, 1.82) is 0 Å². The highest BCUT2D eigenvalue weighted by Gasteiger charge is 2.41. The zero-order valence-electron chi connectivity index (χ0n) is 15.9. The number of benzene rings is 1. The summed E-state index contributed by atoms with van der Waals surface area (Å²) in [5, 5.41) is 9.57. The fourth-order valence-electron chi connectivity index (χ4n) is 2.23. The van der Waals surface area contributed by atoms with Crippen molar-refractivity contribution in [2.24, 2.45) is 5.92 Å². The maximum atomic E-state index is 12.5. The van der Waals surface area contributed by atoms with Crippen LogP contribution in [0.25, 0.3) is 0 Å². The van der Waals surface area contributed by atoms with E-state index in [4.69, 9.17) is 9.47 Å². The van der Waals surface area contributed by atoms with Crippen molar-refractivity contribution in [3.8, 4) is 0 Å². The van der Waals surface area contributed by atoms with E-state index in [1.807, 2.05) is 6.07 Å². The van der Waals surface area contributed by atoms with Crippen molar-refractivity contribution in [3.05, 3.63) is 35.9 Å². The Labute approximate surface area is 153 Å². The van der Waals surface area contributed by atoms with Crippen LogP contribution in [0.2, 0.25) is 0 Å². The molecule has 0 spiro atoms. The summed E-state index contributed by atoms with van der Waals surface area (Å²) >= 11 is 0. The molecule has 0 saturated carbocycles. The van der Waals surface area contributed by atoms with Crippen LogP contribution in [0.5, 0.6) is 0 Å². The molecule has 1 aromatic rings. The lowest BCUT2D eigenvalue weighted by molar-refractivity contribution is -0.144. The fourth-order valence-corrected chi connectivity index (χ4v) is 2.23. The normalized spacial score (nSPS) is 13.4. The number of nitrogens with zero attached hydrogens (tertiary/aromatic N) is 1. The molecule has 2 atom stereocenters. The fraction of sp³-hybridized carbons (Fsp3) is 0.526. The minimum Gasteiger partial charge on any atom is -0.480 e. The number of amides is 2. The zero-order valence-corrected chi connectivity index (χ0v) is 15.9. The zero-order chi connectivity index (χ0) is 19.9. The van der Waals surface area contributed by atoms with Crippen molar-refractivity contribution in [1.82, 2.24) is 4.90 Å². The SMILES string of the molecule is CC[C@H](C)[C@@H](C(=O)O)N(C(=O)OCc1ccccc1)C(=O)OC(C)(C)C. The van der Waals surface area contributed by atoms with Gasteiger partial charge in [0.25, 0.3) is 0 Å². The Morgan fingerprint density at radius 2 is 1.69 bits per heavy atom. The van der Waals surface area contributed by atoms with Gasteiger partial charge < -0.3 is 14.6 Å². The van der Waals surface area contributed by atoms with E-state index in [-0.39, 0.29) is 6.61 Å².